The molecule has 1 heteroatoms. The van der Waals surface area contributed by atoms with Gasteiger partial charge in [-0.05, 0) is 17.0 Å². The maximum absolute atomic E-state index is 5.97. The molecule has 0 aliphatic rings. The van der Waals surface area contributed by atoms with Gasteiger partial charge in [0, 0.05) is 7.11 Å². The first kappa shape index (κ1) is 12.8. The van der Waals surface area contributed by atoms with Gasteiger partial charge in [-0.15, -0.1) is 0 Å². The Kier molecular flexibility index (Phi) is 3.83. The van der Waals surface area contributed by atoms with Crippen LogP contribution in [-0.4, -0.2) is 7.11 Å². The third-order valence-electron chi connectivity index (χ3n) is 3.54. The molecule has 2 aromatic rings. The summed E-state index contributed by atoms with van der Waals surface area (Å²) in [7, 11) is 1.79. The largest absolute Gasteiger partial charge is 0.369 e. The van der Waals surface area contributed by atoms with Crippen molar-refractivity contribution in [3.63, 3.8) is 0 Å². The molecule has 2 aromatic carbocycles. The van der Waals surface area contributed by atoms with Crippen molar-refractivity contribution in [2.45, 2.75) is 19.4 Å². The Balaban J connectivity index is 2.61. The van der Waals surface area contributed by atoms with E-state index in [-0.39, 0.29) is 5.60 Å². The summed E-state index contributed by atoms with van der Waals surface area (Å²) in [6.07, 6.45) is 0. The van der Waals surface area contributed by atoms with E-state index >= 15 is 0 Å². The van der Waals surface area contributed by atoms with Gasteiger partial charge in [0.25, 0.3) is 0 Å². The minimum absolute atomic E-state index is 0.354. The van der Waals surface area contributed by atoms with E-state index in [2.05, 4.69) is 62.4 Å². The number of hydrogen-bond donors (Lipinski definition) is 0. The Morgan fingerprint density at radius 1 is 0.778 bits per heavy atom. The van der Waals surface area contributed by atoms with Crippen molar-refractivity contribution in [2.24, 2.45) is 5.92 Å². The highest BCUT2D eigenvalue weighted by atomic mass is 16.5. The SMILES string of the molecule is COC(c1ccccc1)(c1ccccc1)C(C)C. The second-order valence-electron chi connectivity index (χ2n) is 4.83. The van der Waals surface area contributed by atoms with E-state index in [0.717, 1.165) is 0 Å². The van der Waals surface area contributed by atoms with Crippen molar-refractivity contribution >= 4 is 0 Å². The Bertz CT molecular complexity index is 434. The maximum Gasteiger partial charge on any atom is 0.120 e. The highest BCUT2D eigenvalue weighted by molar-refractivity contribution is 5.37. The molecule has 0 aliphatic heterocycles. The summed E-state index contributed by atoms with van der Waals surface area (Å²) in [4.78, 5) is 0. The summed E-state index contributed by atoms with van der Waals surface area (Å²) in [5.41, 5.74) is 2.03. The molecule has 0 aromatic heterocycles. The quantitative estimate of drug-likeness (QED) is 0.777. The van der Waals surface area contributed by atoms with Crippen LogP contribution in [0.25, 0.3) is 0 Å². The monoisotopic (exact) mass is 240 g/mol. The van der Waals surface area contributed by atoms with E-state index in [1.54, 1.807) is 7.11 Å². The third kappa shape index (κ3) is 2.06. The highest BCUT2D eigenvalue weighted by Crippen LogP contribution is 2.39. The van der Waals surface area contributed by atoms with E-state index < -0.39 is 0 Å². The molecular formula is C17H20O. The first-order valence-corrected chi connectivity index (χ1v) is 6.38. The van der Waals surface area contributed by atoms with Gasteiger partial charge >= 0.3 is 0 Å². The first-order chi connectivity index (χ1) is 8.71. The normalized spacial score (nSPS) is 11.8. The molecule has 0 N–H and O–H groups in total. The molecule has 0 saturated carbocycles. The summed E-state index contributed by atoms with van der Waals surface area (Å²) >= 11 is 0. The average Bonchev–Trinajstić information content (AvgIpc) is 2.42. The Labute approximate surface area is 109 Å². The van der Waals surface area contributed by atoms with Gasteiger partial charge in [0.1, 0.15) is 5.60 Å². The van der Waals surface area contributed by atoms with Gasteiger partial charge in [0.2, 0.25) is 0 Å². The molecule has 0 aliphatic carbocycles. The Hall–Kier alpha value is -1.60. The zero-order valence-electron chi connectivity index (χ0n) is 11.3. The van der Waals surface area contributed by atoms with Gasteiger partial charge in [0.05, 0.1) is 0 Å². The van der Waals surface area contributed by atoms with E-state index in [1.807, 2.05) is 12.1 Å². The molecule has 0 fully saturated rings. The predicted molar refractivity (Wildman–Crippen MR) is 75.5 cm³/mol. The molecular weight excluding hydrogens is 220 g/mol. The number of rotatable bonds is 4. The van der Waals surface area contributed by atoms with Gasteiger partial charge in [-0.25, -0.2) is 0 Å². The average molecular weight is 240 g/mol. The Morgan fingerprint density at radius 2 is 1.17 bits per heavy atom. The molecule has 0 unspecified atom stereocenters. The molecule has 0 atom stereocenters. The van der Waals surface area contributed by atoms with E-state index in [9.17, 15) is 0 Å². The van der Waals surface area contributed by atoms with Crippen LogP contribution in [0.1, 0.15) is 25.0 Å². The fourth-order valence-corrected chi connectivity index (χ4v) is 2.68. The minimum atomic E-state index is -0.372. The van der Waals surface area contributed by atoms with Crippen LogP contribution in [-0.2, 0) is 10.3 Å². The van der Waals surface area contributed by atoms with Crippen LogP contribution in [0.3, 0.4) is 0 Å². The maximum atomic E-state index is 5.97. The lowest BCUT2D eigenvalue weighted by molar-refractivity contribution is -0.0174. The zero-order valence-corrected chi connectivity index (χ0v) is 11.3. The number of benzene rings is 2. The van der Waals surface area contributed by atoms with Gasteiger partial charge in [-0.1, -0.05) is 74.5 Å². The first-order valence-electron chi connectivity index (χ1n) is 6.38. The van der Waals surface area contributed by atoms with Gasteiger partial charge in [-0.3, -0.25) is 0 Å². The lowest BCUT2D eigenvalue weighted by Crippen LogP contribution is -2.35. The molecule has 0 heterocycles. The molecule has 0 bridgehead atoms. The fourth-order valence-electron chi connectivity index (χ4n) is 2.68. The smallest absolute Gasteiger partial charge is 0.120 e. The molecule has 18 heavy (non-hydrogen) atoms. The molecule has 2 rings (SSSR count). The van der Waals surface area contributed by atoms with Crippen LogP contribution >= 0.6 is 0 Å². The minimum Gasteiger partial charge on any atom is -0.369 e. The van der Waals surface area contributed by atoms with Crippen LogP contribution in [0.15, 0.2) is 60.7 Å². The molecule has 1 nitrogen and oxygen atoms in total. The highest BCUT2D eigenvalue weighted by Gasteiger charge is 2.37. The predicted octanol–water partition coefficient (Wildman–Crippen LogP) is 4.23. The van der Waals surface area contributed by atoms with Crippen molar-refractivity contribution in [3.05, 3.63) is 71.8 Å². The summed E-state index contributed by atoms with van der Waals surface area (Å²) < 4.78 is 5.97. The van der Waals surface area contributed by atoms with Crippen LogP contribution in [0, 0.1) is 5.92 Å². The zero-order chi connectivity index (χ0) is 13.0. The molecule has 0 radical (unpaired) electrons. The van der Waals surface area contributed by atoms with E-state index in [4.69, 9.17) is 4.74 Å². The molecule has 0 spiro atoms. The van der Waals surface area contributed by atoms with Crippen molar-refractivity contribution in [1.29, 1.82) is 0 Å². The standard InChI is InChI=1S/C17H20O/c1-14(2)17(18-3,15-10-6-4-7-11-15)16-12-8-5-9-13-16/h4-14H,1-3H3. The van der Waals surface area contributed by atoms with Gasteiger partial charge in [0.15, 0.2) is 0 Å². The van der Waals surface area contributed by atoms with Crippen molar-refractivity contribution in [2.75, 3.05) is 7.11 Å². The fraction of sp³-hybridized carbons (Fsp3) is 0.294. The number of hydrogen-bond acceptors (Lipinski definition) is 1. The summed E-state index contributed by atoms with van der Waals surface area (Å²) in [6.45, 7) is 4.40. The lowest BCUT2D eigenvalue weighted by Gasteiger charge is -2.37. The molecule has 0 amide bonds. The van der Waals surface area contributed by atoms with E-state index in [1.165, 1.54) is 11.1 Å². The van der Waals surface area contributed by atoms with Crippen LogP contribution in [0.2, 0.25) is 0 Å². The second-order valence-corrected chi connectivity index (χ2v) is 4.83. The summed E-state index contributed by atoms with van der Waals surface area (Å²) in [5.74, 6) is 0.354. The van der Waals surface area contributed by atoms with Crippen LogP contribution in [0.4, 0.5) is 0 Å². The third-order valence-corrected chi connectivity index (χ3v) is 3.54. The van der Waals surface area contributed by atoms with Crippen LogP contribution < -0.4 is 0 Å². The molecule has 94 valence electrons. The van der Waals surface area contributed by atoms with Gasteiger partial charge < -0.3 is 4.74 Å². The van der Waals surface area contributed by atoms with Crippen molar-refractivity contribution in [1.82, 2.24) is 0 Å². The van der Waals surface area contributed by atoms with E-state index in [0.29, 0.717) is 5.92 Å². The molecule has 0 saturated heterocycles. The van der Waals surface area contributed by atoms with Gasteiger partial charge in [-0.2, -0.15) is 0 Å². The number of ether oxygens (including phenoxy) is 1. The summed E-state index contributed by atoms with van der Waals surface area (Å²) in [5, 5.41) is 0. The van der Waals surface area contributed by atoms with Crippen LogP contribution in [0.5, 0.6) is 0 Å². The topological polar surface area (TPSA) is 9.23 Å². The number of methoxy groups -OCH3 is 1. The van der Waals surface area contributed by atoms with Crippen molar-refractivity contribution in [3.8, 4) is 0 Å². The lowest BCUT2D eigenvalue weighted by atomic mass is 9.77. The Morgan fingerprint density at radius 3 is 1.44 bits per heavy atom. The van der Waals surface area contributed by atoms with Crippen molar-refractivity contribution < 1.29 is 4.74 Å². The summed E-state index contributed by atoms with van der Waals surface area (Å²) in [6, 6.07) is 20.9. The second kappa shape index (κ2) is 5.36.